The maximum Gasteiger partial charge on any atom is 0.259 e. The van der Waals surface area contributed by atoms with Gasteiger partial charge in [0.05, 0.1) is 5.56 Å². The van der Waals surface area contributed by atoms with E-state index < -0.39 is 0 Å². The van der Waals surface area contributed by atoms with Gasteiger partial charge in [-0.15, -0.1) is 5.10 Å². The highest BCUT2D eigenvalue weighted by molar-refractivity contribution is 6.03. The van der Waals surface area contributed by atoms with E-state index in [1.54, 1.807) is 23.0 Å². The lowest BCUT2D eigenvalue weighted by Gasteiger charge is -2.24. The fourth-order valence-corrected chi connectivity index (χ4v) is 3.39. The molecular formula is C23H18N6O. The van der Waals surface area contributed by atoms with Crippen molar-refractivity contribution < 1.29 is 4.79 Å². The van der Waals surface area contributed by atoms with Crippen LogP contribution in [0.4, 0.5) is 11.9 Å². The van der Waals surface area contributed by atoms with Gasteiger partial charge in [0.25, 0.3) is 11.9 Å². The summed E-state index contributed by atoms with van der Waals surface area (Å²) in [5.41, 5.74) is 3.51. The van der Waals surface area contributed by atoms with Crippen molar-refractivity contribution in [2.75, 3.05) is 10.6 Å². The number of anilines is 2. The molecule has 0 fully saturated rings. The first-order chi connectivity index (χ1) is 14.8. The summed E-state index contributed by atoms with van der Waals surface area (Å²) in [5.74, 6) is 0.486. The van der Waals surface area contributed by atoms with Gasteiger partial charge in [0.1, 0.15) is 6.04 Å². The molecule has 1 aliphatic heterocycles. The number of hydrogen-bond donors (Lipinski definition) is 2. The minimum atomic E-state index is -0.307. The number of carbonyl (C=O) groups is 1. The Morgan fingerprint density at radius 2 is 1.73 bits per heavy atom. The van der Waals surface area contributed by atoms with E-state index in [-0.39, 0.29) is 17.9 Å². The van der Waals surface area contributed by atoms with E-state index in [0.29, 0.717) is 11.5 Å². The van der Waals surface area contributed by atoms with E-state index in [2.05, 4.69) is 43.9 Å². The van der Waals surface area contributed by atoms with Crippen molar-refractivity contribution in [3.63, 3.8) is 0 Å². The van der Waals surface area contributed by atoms with Crippen LogP contribution in [0.25, 0.3) is 5.70 Å². The lowest BCUT2D eigenvalue weighted by molar-refractivity contribution is 0.102. The monoisotopic (exact) mass is 394 g/mol. The van der Waals surface area contributed by atoms with Crippen LogP contribution in [0.3, 0.4) is 0 Å². The second-order valence-corrected chi connectivity index (χ2v) is 6.83. The summed E-state index contributed by atoms with van der Waals surface area (Å²) in [6.07, 6.45) is 5.24. The number of allylic oxidation sites excluding steroid dienone is 1. The van der Waals surface area contributed by atoms with Gasteiger partial charge in [0.15, 0.2) is 0 Å². The number of aromatic nitrogens is 4. The standard InChI is InChI=1S/C23H18N6O/c30-21(18-12-7-13-24-15-18)26-22-27-23-25-19(16-8-3-1-4-9-16)14-20(29(23)28-22)17-10-5-2-6-11-17/h1-15,20H,(H2,25,26,27,28,30). The largest absolute Gasteiger partial charge is 0.324 e. The van der Waals surface area contributed by atoms with E-state index in [1.165, 1.54) is 6.20 Å². The molecule has 0 radical (unpaired) electrons. The van der Waals surface area contributed by atoms with Crippen molar-refractivity contribution in [1.29, 1.82) is 0 Å². The summed E-state index contributed by atoms with van der Waals surface area (Å²) in [4.78, 5) is 21.0. The third kappa shape index (κ3) is 3.44. The number of fused-ring (bicyclic) bond motifs is 1. The number of hydrogen-bond acceptors (Lipinski definition) is 5. The normalized spacial score (nSPS) is 14.9. The molecule has 4 aromatic rings. The van der Waals surface area contributed by atoms with Gasteiger partial charge in [-0.2, -0.15) is 4.98 Å². The second-order valence-electron chi connectivity index (χ2n) is 6.83. The van der Waals surface area contributed by atoms with Crippen LogP contribution < -0.4 is 10.6 Å². The molecule has 2 N–H and O–H groups in total. The molecule has 3 heterocycles. The average molecular weight is 394 g/mol. The topological polar surface area (TPSA) is 84.7 Å². The summed E-state index contributed by atoms with van der Waals surface area (Å²) in [7, 11) is 0. The van der Waals surface area contributed by atoms with Gasteiger partial charge in [-0.3, -0.25) is 15.1 Å². The van der Waals surface area contributed by atoms with Crippen molar-refractivity contribution in [3.05, 3.63) is 108 Å². The van der Waals surface area contributed by atoms with Crippen molar-refractivity contribution >= 4 is 23.5 Å². The van der Waals surface area contributed by atoms with Gasteiger partial charge in [-0.05, 0) is 29.3 Å². The molecule has 7 nitrogen and oxygen atoms in total. The molecule has 1 aliphatic rings. The van der Waals surface area contributed by atoms with Crippen molar-refractivity contribution in [3.8, 4) is 0 Å². The lowest BCUT2D eigenvalue weighted by atomic mass is 10.0. The third-order valence-electron chi connectivity index (χ3n) is 4.84. The predicted octanol–water partition coefficient (Wildman–Crippen LogP) is 3.98. The predicted molar refractivity (Wildman–Crippen MR) is 115 cm³/mol. The van der Waals surface area contributed by atoms with Crippen LogP contribution in [0, 0.1) is 0 Å². The zero-order chi connectivity index (χ0) is 20.3. The van der Waals surface area contributed by atoms with Crippen LogP contribution in [0.15, 0.2) is 91.3 Å². The zero-order valence-corrected chi connectivity index (χ0v) is 15.9. The summed E-state index contributed by atoms with van der Waals surface area (Å²) in [6, 6.07) is 23.4. The molecule has 0 bridgehead atoms. The van der Waals surface area contributed by atoms with Crippen LogP contribution >= 0.6 is 0 Å². The number of nitrogens with zero attached hydrogens (tertiary/aromatic N) is 4. The van der Waals surface area contributed by atoms with Crippen LogP contribution in [-0.4, -0.2) is 25.7 Å². The van der Waals surface area contributed by atoms with Gasteiger partial charge >= 0.3 is 0 Å². The number of nitrogens with one attached hydrogen (secondary N) is 2. The van der Waals surface area contributed by atoms with E-state index in [1.807, 2.05) is 48.5 Å². The first-order valence-corrected chi connectivity index (χ1v) is 9.55. The van der Waals surface area contributed by atoms with Gasteiger partial charge in [0.2, 0.25) is 5.95 Å². The number of benzene rings is 2. The Labute approximate surface area is 173 Å². The molecule has 1 amide bonds. The van der Waals surface area contributed by atoms with Crippen molar-refractivity contribution in [2.45, 2.75) is 6.04 Å². The lowest BCUT2D eigenvalue weighted by Crippen LogP contribution is -2.20. The highest BCUT2D eigenvalue weighted by Gasteiger charge is 2.25. The SMILES string of the molecule is O=C(Nc1nc2n(n1)C(c1ccccc1)C=C(c1ccccc1)N2)c1cccnc1. The Kier molecular flexibility index (Phi) is 4.53. The summed E-state index contributed by atoms with van der Waals surface area (Å²) in [6.45, 7) is 0. The van der Waals surface area contributed by atoms with Crippen LogP contribution in [0.5, 0.6) is 0 Å². The zero-order valence-electron chi connectivity index (χ0n) is 15.9. The number of carbonyl (C=O) groups excluding carboxylic acids is 1. The van der Waals surface area contributed by atoms with Crippen LogP contribution in [0.2, 0.25) is 0 Å². The molecule has 1 atom stereocenters. The molecule has 7 heteroatoms. The molecule has 2 aromatic carbocycles. The van der Waals surface area contributed by atoms with Gasteiger partial charge in [-0.25, -0.2) is 4.68 Å². The molecule has 0 aliphatic carbocycles. The number of rotatable bonds is 4. The molecule has 2 aromatic heterocycles. The van der Waals surface area contributed by atoms with Gasteiger partial charge in [0, 0.05) is 18.1 Å². The first kappa shape index (κ1) is 17.8. The smallest absolute Gasteiger partial charge is 0.259 e. The Morgan fingerprint density at radius 1 is 0.967 bits per heavy atom. The minimum absolute atomic E-state index is 0.158. The molecule has 0 spiro atoms. The summed E-state index contributed by atoms with van der Waals surface area (Å²) < 4.78 is 1.78. The van der Waals surface area contributed by atoms with E-state index in [9.17, 15) is 4.79 Å². The first-order valence-electron chi connectivity index (χ1n) is 9.55. The quantitative estimate of drug-likeness (QED) is 0.547. The Bertz CT molecular complexity index is 1200. The number of pyridine rings is 1. The van der Waals surface area contributed by atoms with E-state index in [4.69, 9.17) is 0 Å². The maximum absolute atomic E-state index is 12.5. The highest BCUT2D eigenvalue weighted by atomic mass is 16.1. The number of amides is 1. The minimum Gasteiger partial charge on any atom is -0.324 e. The van der Waals surface area contributed by atoms with Gasteiger partial charge in [-0.1, -0.05) is 60.7 Å². The van der Waals surface area contributed by atoms with Crippen LogP contribution in [-0.2, 0) is 0 Å². The third-order valence-corrected chi connectivity index (χ3v) is 4.84. The van der Waals surface area contributed by atoms with E-state index in [0.717, 1.165) is 16.8 Å². The molecular weight excluding hydrogens is 376 g/mol. The maximum atomic E-state index is 12.5. The molecule has 0 saturated carbocycles. The molecule has 146 valence electrons. The Balaban J connectivity index is 1.51. The Hall–Kier alpha value is -4.26. The molecule has 30 heavy (non-hydrogen) atoms. The fourth-order valence-electron chi connectivity index (χ4n) is 3.39. The summed E-state index contributed by atoms with van der Waals surface area (Å²) in [5, 5.41) is 10.6. The Morgan fingerprint density at radius 3 is 2.47 bits per heavy atom. The summed E-state index contributed by atoms with van der Waals surface area (Å²) >= 11 is 0. The van der Waals surface area contributed by atoms with Gasteiger partial charge < -0.3 is 5.32 Å². The molecule has 5 rings (SSSR count). The van der Waals surface area contributed by atoms with Crippen LogP contribution in [0.1, 0.15) is 27.5 Å². The fraction of sp³-hybridized carbons (Fsp3) is 0.0435. The average Bonchev–Trinajstić information content (AvgIpc) is 3.22. The van der Waals surface area contributed by atoms with Crippen molar-refractivity contribution in [1.82, 2.24) is 19.7 Å². The van der Waals surface area contributed by atoms with E-state index >= 15 is 0 Å². The van der Waals surface area contributed by atoms with Crippen molar-refractivity contribution in [2.24, 2.45) is 0 Å². The highest BCUT2D eigenvalue weighted by Crippen LogP contribution is 2.33. The second kappa shape index (κ2) is 7.63. The molecule has 1 unspecified atom stereocenters. The molecule has 0 saturated heterocycles.